The van der Waals surface area contributed by atoms with E-state index in [1.807, 2.05) is 6.07 Å². The Morgan fingerprint density at radius 3 is 2.31 bits per heavy atom. The van der Waals surface area contributed by atoms with Gasteiger partial charge in [-0.1, -0.05) is 12.1 Å². The van der Waals surface area contributed by atoms with Crippen LogP contribution in [0, 0.1) is 16.2 Å². The largest absolute Gasteiger partial charge is 0.739 e. The lowest BCUT2D eigenvalue weighted by Gasteiger charge is -2.17. The first-order chi connectivity index (χ1) is 12.6. The molecule has 1 heterocycles. The smallest absolute Gasteiger partial charge is 0.461 e. The standard InChI is InChI=1S/C19H17FN4O2/c20-15-6-4-14(5-7-15)19(8-9-19)21-18-22-24(26)17-11-13-3-1-2-12(13)10-16(17)23(18)25/h4-7,10-11H,1-3,8-9H2,(H,21,22). The van der Waals surface area contributed by atoms with Crippen LogP contribution in [0.25, 0.3) is 11.0 Å². The van der Waals surface area contributed by atoms with Crippen LogP contribution in [0.4, 0.5) is 10.3 Å². The molecular formula is C19H17FN4O2. The second-order valence-corrected chi connectivity index (χ2v) is 7.17. The summed E-state index contributed by atoms with van der Waals surface area (Å²) in [5.74, 6) is -0.328. The topological polar surface area (TPSA) is 78.8 Å². The van der Waals surface area contributed by atoms with Crippen LogP contribution in [0.2, 0.25) is 0 Å². The normalized spacial score (nSPS) is 17.3. The van der Waals surface area contributed by atoms with Crippen LogP contribution in [0.1, 0.15) is 36.0 Å². The highest BCUT2D eigenvalue weighted by Crippen LogP contribution is 2.47. The van der Waals surface area contributed by atoms with Crippen LogP contribution in [0.5, 0.6) is 0 Å². The van der Waals surface area contributed by atoms with Gasteiger partial charge in [0.2, 0.25) is 5.10 Å². The Hall–Kier alpha value is -2.96. The molecule has 0 saturated heterocycles. The third-order valence-corrected chi connectivity index (χ3v) is 5.49. The molecule has 5 rings (SSSR count). The zero-order chi connectivity index (χ0) is 17.9. The Morgan fingerprint density at radius 1 is 1.00 bits per heavy atom. The van der Waals surface area contributed by atoms with Crippen LogP contribution in [0.3, 0.4) is 0 Å². The number of aromatic nitrogens is 3. The molecule has 132 valence electrons. The summed E-state index contributed by atoms with van der Waals surface area (Å²) in [7, 11) is 0. The Balaban J connectivity index is 1.58. The second-order valence-electron chi connectivity index (χ2n) is 7.17. The van der Waals surface area contributed by atoms with Gasteiger partial charge in [0.25, 0.3) is 5.52 Å². The maximum Gasteiger partial charge on any atom is 0.461 e. The maximum atomic E-state index is 13.2. The first-order valence-electron chi connectivity index (χ1n) is 8.79. The fourth-order valence-electron chi connectivity index (χ4n) is 3.88. The molecule has 2 aliphatic carbocycles. The summed E-state index contributed by atoms with van der Waals surface area (Å²) in [6.07, 6.45) is 4.48. The highest BCUT2D eigenvalue weighted by molar-refractivity contribution is 5.71. The molecule has 3 aromatic rings. The third kappa shape index (κ3) is 2.27. The minimum absolute atomic E-state index is 0.0210. The van der Waals surface area contributed by atoms with E-state index in [9.17, 15) is 14.8 Å². The number of halogens is 1. The summed E-state index contributed by atoms with van der Waals surface area (Å²) in [4.78, 5) is 0.519. The van der Waals surface area contributed by atoms with Crippen molar-refractivity contribution in [1.29, 1.82) is 0 Å². The number of aryl methyl sites for hydroxylation is 2. The van der Waals surface area contributed by atoms with E-state index in [2.05, 4.69) is 10.4 Å². The molecule has 0 unspecified atom stereocenters. The van der Waals surface area contributed by atoms with Crippen molar-refractivity contribution in [3.05, 3.63) is 69.3 Å². The number of hydrogen-bond donors (Lipinski definition) is 1. The molecule has 26 heavy (non-hydrogen) atoms. The molecule has 1 N–H and O–H groups in total. The average Bonchev–Trinajstić information content (AvgIpc) is 3.26. The Labute approximate surface area is 149 Å². The lowest BCUT2D eigenvalue weighted by Crippen LogP contribution is -2.45. The van der Waals surface area contributed by atoms with Gasteiger partial charge in [-0.05, 0) is 67.0 Å². The highest BCUT2D eigenvalue weighted by atomic mass is 19.1. The molecule has 0 atom stereocenters. The van der Waals surface area contributed by atoms with Gasteiger partial charge in [-0.25, -0.2) is 9.12 Å². The monoisotopic (exact) mass is 352 g/mol. The average molecular weight is 352 g/mol. The summed E-state index contributed by atoms with van der Waals surface area (Å²) in [6.45, 7) is 0. The molecule has 0 radical (unpaired) electrons. The Morgan fingerprint density at radius 2 is 1.65 bits per heavy atom. The molecule has 1 aromatic heterocycles. The van der Waals surface area contributed by atoms with Crippen molar-refractivity contribution in [1.82, 2.24) is 5.10 Å². The van der Waals surface area contributed by atoms with E-state index < -0.39 is 5.54 Å². The van der Waals surface area contributed by atoms with E-state index in [4.69, 9.17) is 0 Å². The Bertz CT molecular complexity index is 1030. The predicted octanol–water partition coefficient (Wildman–Crippen LogP) is 2.23. The van der Waals surface area contributed by atoms with E-state index in [1.54, 1.807) is 18.2 Å². The van der Waals surface area contributed by atoms with E-state index in [1.165, 1.54) is 12.1 Å². The zero-order valence-corrected chi connectivity index (χ0v) is 14.0. The van der Waals surface area contributed by atoms with Gasteiger partial charge in [0.15, 0.2) is 5.52 Å². The van der Waals surface area contributed by atoms with Crippen LogP contribution in [0.15, 0.2) is 36.4 Å². The molecule has 2 aromatic carbocycles. The lowest BCUT2D eigenvalue weighted by molar-refractivity contribution is -0.672. The van der Waals surface area contributed by atoms with Gasteiger partial charge >= 0.3 is 5.95 Å². The molecule has 6 nitrogen and oxygen atoms in total. The van der Waals surface area contributed by atoms with Gasteiger partial charge in [-0.15, -0.1) is 0 Å². The van der Waals surface area contributed by atoms with Crippen molar-refractivity contribution in [2.45, 2.75) is 37.6 Å². The van der Waals surface area contributed by atoms with E-state index in [0.717, 1.165) is 48.8 Å². The number of nitrogens with zero attached hydrogens (tertiary/aromatic N) is 3. The van der Waals surface area contributed by atoms with Crippen molar-refractivity contribution in [3.8, 4) is 0 Å². The van der Waals surface area contributed by atoms with E-state index >= 15 is 0 Å². The third-order valence-electron chi connectivity index (χ3n) is 5.49. The van der Waals surface area contributed by atoms with E-state index in [0.29, 0.717) is 15.1 Å². The molecule has 0 aliphatic heterocycles. The first-order valence-corrected chi connectivity index (χ1v) is 8.79. The Kier molecular flexibility index (Phi) is 3.10. The number of nitrogens with one attached hydrogen (secondary N) is 1. The quantitative estimate of drug-likeness (QED) is 0.579. The van der Waals surface area contributed by atoms with Crippen LogP contribution < -0.4 is 14.9 Å². The van der Waals surface area contributed by atoms with Gasteiger partial charge in [0.1, 0.15) is 11.4 Å². The molecule has 2 aliphatic rings. The fraction of sp³-hybridized carbons (Fsp3) is 0.316. The number of fused-ring (bicyclic) bond motifs is 2. The zero-order valence-electron chi connectivity index (χ0n) is 14.0. The molecule has 0 amide bonds. The number of anilines is 1. The molecule has 0 spiro atoms. The summed E-state index contributed by atoms with van der Waals surface area (Å²) in [6, 6.07) is 9.78. The van der Waals surface area contributed by atoms with Gasteiger partial charge in [-0.2, -0.15) is 0 Å². The highest BCUT2D eigenvalue weighted by Gasteiger charge is 2.49. The molecule has 0 bridgehead atoms. The fourth-order valence-corrected chi connectivity index (χ4v) is 3.88. The SMILES string of the molecule is [O-][n+]1nc(NC2(c3ccc(F)cc3)CC2)[n+]([O-])c2cc3c(cc21)CCC3. The first kappa shape index (κ1) is 15.3. The van der Waals surface area contributed by atoms with Crippen molar-refractivity contribution >= 4 is 17.0 Å². The maximum absolute atomic E-state index is 13.2. The lowest BCUT2D eigenvalue weighted by atomic mass is 10.1. The van der Waals surface area contributed by atoms with Crippen LogP contribution >= 0.6 is 0 Å². The number of hydrogen-bond acceptors (Lipinski definition) is 4. The number of benzene rings is 2. The van der Waals surface area contributed by atoms with Gasteiger partial charge in [0, 0.05) is 10.9 Å². The van der Waals surface area contributed by atoms with Crippen LogP contribution in [-0.4, -0.2) is 5.10 Å². The molecular weight excluding hydrogens is 335 g/mol. The van der Waals surface area contributed by atoms with Gasteiger partial charge in [0.05, 0.1) is 0 Å². The van der Waals surface area contributed by atoms with Gasteiger partial charge in [-0.3, -0.25) is 5.32 Å². The van der Waals surface area contributed by atoms with Crippen molar-refractivity contribution in [2.24, 2.45) is 0 Å². The summed E-state index contributed by atoms with van der Waals surface area (Å²) in [5, 5.41) is 32.3. The minimum atomic E-state index is -0.468. The molecule has 1 saturated carbocycles. The summed E-state index contributed by atoms with van der Waals surface area (Å²) in [5.41, 5.74) is 3.27. The second kappa shape index (κ2) is 5.27. The van der Waals surface area contributed by atoms with Gasteiger partial charge < -0.3 is 10.4 Å². The van der Waals surface area contributed by atoms with Crippen molar-refractivity contribution in [3.63, 3.8) is 0 Å². The van der Waals surface area contributed by atoms with E-state index in [-0.39, 0.29) is 17.3 Å². The molecule has 7 heteroatoms. The number of rotatable bonds is 3. The summed E-state index contributed by atoms with van der Waals surface area (Å²) >= 11 is 0. The van der Waals surface area contributed by atoms with Crippen molar-refractivity contribution in [2.75, 3.05) is 5.32 Å². The van der Waals surface area contributed by atoms with Crippen molar-refractivity contribution < 1.29 is 14.0 Å². The van der Waals surface area contributed by atoms with Crippen LogP contribution in [-0.2, 0) is 18.4 Å². The molecule has 1 fully saturated rings. The summed E-state index contributed by atoms with van der Waals surface area (Å²) < 4.78 is 13.9. The predicted molar refractivity (Wildman–Crippen MR) is 92.6 cm³/mol. The minimum Gasteiger partial charge on any atom is -0.739 e.